The minimum absolute atomic E-state index is 0.126. The maximum absolute atomic E-state index is 12.2. The third-order valence-corrected chi connectivity index (χ3v) is 4.19. The van der Waals surface area contributed by atoms with E-state index in [4.69, 9.17) is 9.47 Å². The van der Waals surface area contributed by atoms with Crippen molar-refractivity contribution in [1.82, 2.24) is 4.90 Å². The molecule has 6 heteroatoms. The number of anilines is 1. The summed E-state index contributed by atoms with van der Waals surface area (Å²) in [4.78, 5) is 25.7. The molecule has 0 unspecified atom stereocenters. The second-order valence-electron chi connectivity index (χ2n) is 6.49. The molecular formula is C22H22N2O4. The van der Waals surface area contributed by atoms with Crippen LogP contribution in [0, 0.1) is 0 Å². The fraction of sp³-hybridized carbons (Fsp3) is 0.182. The predicted molar refractivity (Wildman–Crippen MR) is 109 cm³/mol. The summed E-state index contributed by atoms with van der Waals surface area (Å²) in [5.41, 5.74) is 1.05. The van der Waals surface area contributed by atoms with E-state index in [2.05, 4.69) is 5.32 Å². The third kappa shape index (κ3) is 4.59. The lowest BCUT2D eigenvalue weighted by molar-refractivity contribution is -0.118. The number of fused-ring (bicyclic) bond motifs is 1. The highest BCUT2D eigenvalue weighted by molar-refractivity contribution is 5.97. The van der Waals surface area contributed by atoms with Gasteiger partial charge in [0.25, 0.3) is 11.8 Å². The lowest BCUT2D eigenvalue weighted by Gasteiger charge is -2.12. The fourth-order valence-corrected chi connectivity index (χ4v) is 2.75. The molecule has 0 radical (unpaired) electrons. The summed E-state index contributed by atoms with van der Waals surface area (Å²) in [5, 5.41) is 4.77. The van der Waals surface area contributed by atoms with Crippen molar-refractivity contribution in [3.8, 4) is 11.5 Å². The minimum Gasteiger partial charge on any atom is -0.497 e. The number of nitrogens with one attached hydrogen (secondary N) is 1. The highest BCUT2D eigenvalue weighted by Gasteiger charge is 2.10. The van der Waals surface area contributed by atoms with Crippen LogP contribution in [0.5, 0.6) is 11.5 Å². The normalized spacial score (nSPS) is 10.4. The van der Waals surface area contributed by atoms with E-state index in [0.717, 1.165) is 16.5 Å². The highest BCUT2D eigenvalue weighted by atomic mass is 16.5. The zero-order valence-electron chi connectivity index (χ0n) is 16.1. The molecule has 0 saturated heterocycles. The molecular weight excluding hydrogens is 356 g/mol. The minimum atomic E-state index is -0.305. The van der Waals surface area contributed by atoms with Crippen LogP contribution in [-0.4, -0.2) is 44.5 Å². The molecule has 3 aromatic rings. The van der Waals surface area contributed by atoms with E-state index in [-0.39, 0.29) is 18.4 Å². The van der Waals surface area contributed by atoms with Gasteiger partial charge in [-0.3, -0.25) is 9.59 Å². The summed E-state index contributed by atoms with van der Waals surface area (Å²) in [7, 11) is 4.98. The number of carbonyl (C=O) groups excluding carboxylic acids is 2. The standard InChI is InChI=1S/C22H22N2O4/c1-24(2)22(26)16-5-4-6-18(11-16)23-21(25)14-28-20-10-8-15-7-9-19(27-3)12-17(15)13-20/h4-13H,14H2,1-3H3,(H,23,25). The van der Waals surface area contributed by atoms with Gasteiger partial charge in [-0.2, -0.15) is 0 Å². The lowest BCUT2D eigenvalue weighted by Crippen LogP contribution is -2.23. The molecule has 0 heterocycles. The Morgan fingerprint density at radius 3 is 2.36 bits per heavy atom. The maximum atomic E-state index is 12.2. The van der Waals surface area contributed by atoms with Crippen molar-refractivity contribution >= 4 is 28.3 Å². The van der Waals surface area contributed by atoms with Gasteiger partial charge in [0, 0.05) is 25.3 Å². The largest absolute Gasteiger partial charge is 0.497 e. The van der Waals surface area contributed by atoms with Gasteiger partial charge >= 0.3 is 0 Å². The van der Waals surface area contributed by atoms with Crippen molar-refractivity contribution in [3.63, 3.8) is 0 Å². The van der Waals surface area contributed by atoms with Crippen molar-refractivity contribution in [2.75, 3.05) is 33.1 Å². The summed E-state index contributed by atoms with van der Waals surface area (Å²) in [6, 6.07) is 18.2. The molecule has 0 spiro atoms. The van der Waals surface area contributed by atoms with Crippen molar-refractivity contribution in [3.05, 3.63) is 66.2 Å². The summed E-state index contributed by atoms with van der Waals surface area (Å²) in [6.45, 7) is -0.138. The third-order valence-electron chi connectivity index (χ3n) is 4.19. The van der Waals surface area contributed by atoms with Crippen LogP contribution in [0.4, 0.5) is 5.69 Å². The van der Waals surface area contributed by atoms with Gasteiger partial charge in [0.2, 0.25) is 0 Å². The van der Waals surface area contributed by atoms with Gasteiger partial charge in [-0.1, -0.05) is 18.2 Å². The van der Waals surface area contributed by atoms with E-state index < -0.39 is 0 Å². The molecule has 0 atom stereocenters. The molecule has 0 fully saturated rings. The van der Waals surface area contributed by atoms with Crippen LogP contribution >= 0.6 is 0 Å². The van der Waals surface area contributed by atoms with E-state index >= 15 is 0 Å². The number of hydrogen-bond donors (Lipinski definition) is 1. The Hall–Kier alpha value is -3.54. The van der Waals surface area contributed by atoms with Gasteiger partial charge in [-0.25, -0.2) is 0 Å². The number of ether oxygens (including phenoxy) is 2. The van der Waals surface area contributed by atoms with E-state index in [0.29, 0.717) is 17.0 Å². The van der Waals surface area contributed by atoms with Gasteiger partial charge in [-0.15, -0.1) is 0 Å². The summed E-state index contributed by atoms with van der Waals surface area (Å²) in [6.07, 6.45) is 0. The van der Waals surface area contributed by atoms with Crippen molar-refractivity contribution < 1.29 is 19.1 Å². The van der Waals surface area contributed by atoms with Crippen LogP contribution in [0.25, 0.3) is 10.8 Å². The van der Waals surface area contributed by atoms with Crippen LogP contribution in [0.2, 0.25) is 0 Å². The topological polar surface area (TPSA) is 67.9 Å². The zero-order chi connectivity index (χ0) is 20.1. The van der Waals surface area contributed by atoms with Gasteiger partial charge in [-0.05, 0) is 53.2 Å². The van der Waals surface area contributed by atoms with Gasteiger partial charge in [0.15, 0.2) is 6.61 Å². The smallest absolute Gasteiger partial charge is 0.262 e. The number of carbonyl (C=O) groups is 2. The summed E-state index contributed by atoms with van der Waals surface area (Å²) < 4.78 is 10.8. The highest BCUT2D eigenvalue weighted by Crippen LogP contribution is 2.25. The zero-order valence-corrected chi connectivity index (χ0v) is 16.1. The molecule has 0 aliphatic rings. The molecule has 3 aromatic carbocycles. The van der Waals surface area contributed by atoms with Crippen LogP contribution in [0.15, 0.2) is 60.7 Å². The molecule has 144 valence electrons. The molecule has 0 aliphatic heterocycles. The second kappa shape index (κ2) is 8.43. The molecule has 0 aliphatic carbocycles. The molecule has 0 bridgehead atoms. The first kappa shape index (κ1) is 19.2. The Kier molecular flexibility index (Phi) is 5.79. The molecule has 0 aromatic heterocycles. The van der Waals surface area contributed by atoms with E-state index in [1.165, 1.54) is 4.90 Å². The Morgan fingerprint density at radius 2 is 1.64 bits per heavy atom. The average molecular weight is 378 g/mol. The molecule has 28 heavy (non-hydrogen) atoms. The number of rotatable bonds is 6. The average Bonchev–Trinajstić information content (AvgIpc) is 2.71. The Labute approximate surface area is 163 Å². The molecule has 6 nitrogen and oxygen atoms in total. The summed E-state index contributed by atoms with van der Waals surface area (Å²) >= 11 is 0. The SMILES string of the molecule is COc1ccc2ccc(OCC(=O)Nc3cccc(C(=O)N(C)C)c3)cc2c1. The van der Waals surface area contributed by atoms with E-state index in [1.807, 2.05) is 36.4 Å². The Morgan fingerprint density at radius 1 is 0.929 bits per heavy atom. The molecule has 2 amide bonds. The summed E-state index contributed by atoms with van der Waals surface area (Å²) in [5.74, 6) is 0.918. The number of hydrogen-bond acceptors (Lipinski definition) is 4. The molecule has 0 saturated carbocycles. The van der Waals surface area contributed by atoms with Crippen LogP contribution in [-0.2, 0) is 4.79 Å². The van der Waals surface area contributed by atoms with Crippen molar-refractivity contribution in [2.45, 2.75) is 0 Å². The van der Waals surface area contributed by atoms with Crippen LogP contribution < -0.4 is 14.8 Å². The van der Waals surface area contributed by atoms with Gasteiger partial charge in [0.1, 0.15) is 11.5 Å². The maximum Gasteiger partial charge on any atom is 0.262 e. The number of benzene rings is 3. The number of nitrogens with zero attached hydrogens (tertiary/aromatic N) is 1. The monoisotopic (exact) mass is 378 g/mol. The number of amides is 2. The molecule has 3 rings (SSSR count). The van der Waals surface area contributed by atoms with Gasteiger partial charge in [0.05, 0.1) is 7.11 Å². The first-order valence-electron chi connectivity index (χ1n) is 8.78. The first-order valence-corrected chi connectivity index (χ1v) is 8.78. The van der Waals surface area contributed by atoms with E-state index in [1.54, 1.807) is 45.5 Å². The van der Waals surface area contributed by atoms with Gasteiger partial charge < -0.3 is 19.7 Å². The Bertz CT molecular complexity index is 1010. The van der Waals surface area contributed by atoms with Crippen LogP contribution in [0.1, 0.15) is 10.4 Å². The first-order chi connectivity index (χ1) is 13.5. The Balaban J connectivity index is 1.63. The second-order valence-corrected chi connectivity index (χ2v) is 6.49. The molecule has 1 N–H and O–H groups in total. The van der Waals surface area contributed by atoms with Crippen molar-refractivity contribution in [2.24, 2.45) is 0 Å². The number of methoxy groups -OCH3 is 1. The van der Waals surface area contributed by atoms with Crippen LogP contribution in [0.3, 0.4) is 0 Å². The van der Waals surface area contributed by atoms with Crippen molar-refractivity contribution in [1.29, 1.82) is 0 Å². The van der Waals surface area contributed by atoms with E-state index in [9.17, 15) is 9.59 Å². The quantitative estimate of drug-likeness (QED) is 0.712. The lowest BCUT2D eigenvalue weighted by atomic mass is 10.1. The predicted octanol–water partition coefficient (Wildman–Crippen LogP) is 3.57. The fourth-order valence-electron chi connectivity index (χ4n) is 2.75.